The van der Waals surface area contributed by atoms with Crippen molar-refractivity contribution in [2.75, 3.05) is 12.4 Å². The maximum atomic E-state index is 9.43. The van der Waals surface area contributed by atoms with Gasteiger partial charge in [0.15, 0.2) is 0 Å². The van der Waals surface area contributed by atoms with Crippen LogP contribution < -0.4 is 10.1 Å². The van der Waals surface area contributed by atoms with Gasteiger partial charge in [-0.25, -0.2) is 0 Å². The molecule has 2 aromatic carbocycles. The number of aliphatic hydroxyl groups excluding tert-OH is 1. The number of aryl methyl sites for hydroxylation is 1. The third kappa shape index (κ3) is 2.88. The number of anilines is 1. The summed E-state index contributed by atoms with van der Waals surface area (Å²) in [5, 5.41) is 13.0. The number of rotatable bonds is 4. The number of hydrogen-bond acceptors (Lipinski definition) is 3. The standard InChI is InChI=1S/C18H21NO2/c1-21-18-10-9-15(11-14(18)12-20)19-17-8-4-6-13-5-2-3-7-16(13)17/h2-3,5,7,9-11,17,19-20H,4,6,8,12H2,1H3. The highest BCUT2D eigenvalue weighted by atomic mass is 16.5. The molecule has 0 aromatic heterocycles. The molecule has 110 valence electrons. The summed E-state index contributed by atoms with van der Waals surface area (Å²) in [6.45, 7) is -0.0139. The fraction of sp³-hybridized carbons (Fsp3) is 0.333. The van der Waals surface area contributed by atoms with Gasteiger partial charge in [-0.3, -0.25) is 0 Å². The van der Waals surface area contributed by atoms with Crippen molar-refractivity contribution in [3.63, 3.8) is 0 Å². The SMILES string of the molecule is COc1ccc(NC2CCCc3ccccc32)cc1CO. The van der Waals surface area contributed by atoms with E-state index in [9.17, 15) is 5.11 Å². The number of fused-ring (bicyclic) bond motifs is 1. The zero-order valence-electron chi connectivity index (χ0n) is 12.3. The van der Waals surface area contributed by atoms with E-state index in [4.69, 9.17) is 4.74 Å². The average molecular weight is 283 g/mol. The van der Waals surface area contributed by atoms with Crippen LogP contribution in [0, 0.1) is 0 Å². The maximum absolute atomic E-state index is 9.43. The summed E-state index contributed by atoms with van der Waals surface area (Å²) in [5.74, 6) is 0.729. The van der Waals surface area contributed by atoms with E-state index in [-0.39, 0.29) is 6.61 Å². The Hall–Kier alpha value is -2.00. The van der Waals surface area contributed by atoms with Gasteiger partial charge in [0.25, 0.3) is 0 Å². The Kier molecular flexibility index (Phi) is 4.11. The number of aliphatic hydroxyl groups is 1. The largest absolute Gasteiger partial charge is 0.496 e. The molecule has 0 spiro atoms. The summed E-state index contributed by atoms with van der Waals surface area (Å²) in [6, 6.07) is 14.9. The van der Waals surface area contributed by atoms with Gasteiger partial charge in [-0.05, 0) is 48.6 Å². The van der Waals surface area contributed by atoms with Gasteiger partial charge in [0.1, 0.15) is 5.75 Å². The predicted molar refractivity (Wildman–Crippen MR) is 84.7 cm³/mol. The van der Waals surface area contributed by atoms with Crippen molar-refractivity contribution in [3.05, 3.63) is 59.2 Å². The van der Waals surface area contributed by atoms with Gasteiger partial charge in [-0.2, -0.15) is 0 Å². The average Bonchev–Trinajstić information content (AvgIpc) is 2.55. The normalized spacial score (nSPS) is 17.1. The molecule has 0 saturated carbocycles. The van der Waals surface area contributed by atoms with Gasteiger partial charge in [0, 0.05) is 11.3 Å². The van der Waals surface area contributed by atoms with E-state index in [0.29, 0.717) is 6.04 Å². The number of nitrogens with one attached hydrogen (secondary N) is 1. The predicted octanol–water partition coefficient (Wildman–Crippen LogP) is 3.68. The lowest BCUT2D eigenvalue weighted by Crippen LogP contribution is -2.17. The topological polar surface area (TPSA) is 41.5 Å². The summed E-state index contributed by atoms with van der Waals surface area (Å²) in [4.78, 5) is 0. The first-order valence-corrected chi connectivity index (χ1v) is 7.44. The van der Waals surface area contributed by atoms with Crippen molar-refractivity contribution >= 4 is 5.69 Å². The fourth-order valence-corrected chi connectivity index (χ4v) is 3.10. The first-order valence-electron chi connectivity index (χ1n) is 7.44. The van der Waals surface area contributed by atoms with Crippen LogP contribution in [0.5, 0.6) is 5.75 Å². The molecule has 3 heteroatoms. The molecule has 1 aliphatic carbocycles. The smallest absolute Gasteiger partial charge is 0.124 e. The van der Waals surface area contributed by atoms with Crippen LogP contribution in [0.3, 0.4) is 0 Å². The summed E-state index contributed by atoms with van der Waals surface area (Å²) < 4.78 is 5.25. The molecule has 0 saturated heterocycles. The molecule has 1 atom stereocenters. The van der Waals surface area contributed by atoms with Crippen molar-refractivity contribution in [2.24, 2.45) is 0 Å². The van der Waals surface area contributed by atoms with E-state index in [2.05, 4.69) is 29.6 Å². The minimum absolute atomic E-state index is 0.0139. The lowest BCUT2D eigenvalue weighted by atomic mass is 9.87. The second-order valence-corrected chi connectivity index (χ2v) is 5.47. The molecule has 0 fully saturated rings. The molecule has 1 unspecified atom stereocenters. The van der Waals surface area contributed by atoms with Crippen molar-refractivity contribution in [3.8, 4) is 5.75 Å². The second-order valence-electron chi connectivity index (χ2n) is 5.47. The Balaban J connectivity index is 1.85. The molecule has 3 nitrogen and oxygen atoms in total. The van der Waals surface area contributed by atoms with Crippen LogP contribution in [-0.4, -0.2) is 12.2 Å². The molecule has 2 aromatic rings. The van der Waals surface area contributed by atoms with Gasteiger partial charge < -0.3 is 15.2 Å². The quantitative estimate of drug-likeness (QED) is 0.899. The monoisotopic (exact) mass is 283 g/mol. The van der Waals surface area contributed by atoms with Crippen LogP contribution in [0.1, 0.15) is 35.6 Å². The van der Waals surface area contributed by atoms with Crippen molar-refractivity contribution in [2.45, 2.75) is 31.9 Å². The van der Waals surface area contributed by atoms with Gasteiger partial charge in [0.2, 0.25) is 0 Å². The van der Waals surface area contributed by atoms with Gasteiger partial charge in [0.05, 0.1) is 19.8 Å². The van der Waals surface area contributed by atoms with Crippen molar-refractivity contribution in [1.82, 2.24) is 0 Å². The third-order valence-corrected chi connectivity index (χ3v) is 4.16. The van der Waals surface area contributed by atoms with E-state index in [1.165, 1.54) is 24.0 Å². The van der Waals surface area contributed by atoms with Crippen molar-refractivity contribution in [1.29, 1.82) is 0 Å². The number of hydrogen-bond donors (Lipinski definition) is 2. The van der Waals surface area contributed by atoms with Crippen molar-refractivity contribution < 1.29 is 9.84 Å². The van der Waals surface area contributed by atoms with Crippen LogP contribution >= 0.6 is 0 Å². The molecule has 0 bridgehead atoms. The Labute approximate surface area is 125 Å². The summed E-state index contributed by atoms with van der Waals surface area (Å²) in [7, 11) is 1.62. The highest BCUT2D eigenvalue weighted by Crippen LogP contribution is 2.33. The summed E-state index contributed by atoms with van der Waals surface area (Å²) in [5.41, 5.74) is 4.68. The molecule has 21 heavy (non-hydrogen) atoms. The maximum Gasteiger partial charge on any atom is 0.124 e. The molecule has 0 heterocycles. The zero-order chi connectivity index (χ0) is 14.7. The van der Waals surface area contributed by atoms with Gasteiger partial charge in [-0.1, -0.05) is 24.3 Å². The van der Waals surface area contributed by atoms with Crippen LogP contribution in [0.15, 0.2) is 42.5 Å². The lowest BCUT2D eigenvalue weighted by Gasteiger charge is -2.27. The van der Waals surface area contributed by atoms with E-state index >= 15 is 0 Å². The summed E-state index contributed by atoms with van der Waals surface area (Å²) >= 11 is 0. The molecular weight excluding hydrogens is 262 g/mol. The molecular formula is C18H21NO2. The Morgan fingerprint density at radius 1 is 1.24 bits per heavy atom. The van der Waals surface area contributed by atoms with Gasteiger partial charge in [-0.15, -0.1) is 0 Å². The number of methoxy groups -OCH3 is 1. The lowest BCUT2D eigenvalue weighted by molar-refractivity contribution is 0.274. The van der Waals surface area contributed by atoms with Crippen LogP contribution in [-0.2, 0) is 13.0 Å². The van der Waals surface area contributed by atoms with E-state index in [1.807, 2.05) is 18.2 Å². The van der Waals surface area contributed by atoms with Crippen LogP contribution in [0.25, 0.3) is 0 Å². The molecule has 1 aliphatic rings. The Bertz CT molecular complexity index is 624. The molecule has 0 radical (unpaired) electrons. The minimum atomic E-state index is -0.0139. The Morgan fingerprint density at radius 2 is 2.10 bits per heavy atom. The summed E-state index contributed by atoms with van der Waals surface area (Å²) in [6.07, 6.45) is 3.51. The molecule has 3 rings (SSSR count). The number of ether oxygens (including phenoxy) is 1. The van der Waals surface area contributed by atoms with E-state index in [1.54, 1.807) is 7.11 Å². The fourth-order valence-electron chi connectivity index (χ4n) is 3.10. The zero-order valence-corrected chi connectivity index (χ0v) is 12.3. The molecule has 0 amide bonds. The number of benzene rings is 2. The van der Waals surface area contributed by atoms with Gasteiger partial charge >= 0.3 is 0 Å². The molecule has 0 aliphatic heterocycles. The molecule has 2 N–H and O–H groups in total. The minimum Gasteiger partial charge on any atom is -0.496 e. The second kappa shape index (κ2) is 6.19. The van der Waals surface area contributed by atoms with Crippen LogP contribution in [0.4, 0.5) is 5.69 Å². The third-order valence-electron chi connectivity index (χ3n) is 4.16. The van der Waals surface area contributed by atoms with E-state index in [0.717, 1.165) is 23.4 Å². The van der Waals surface area contributed by atoms with Crippen LogP contribution in [0.2, 0.25) is 0 Å². The Morgan fingerprint density at radius 3 is 2.90 bits per heavy atom. The highest BCUT2D eigenvalue weighted by molar-refractivity contribution is 5.53. The first kappa shape index (κ1) is 14.0. The van der Waals surface area contributed by atoms with E-state index < -0.39 is 0 Å². The highest BCUT2D eigenvalue weighted by Gasteiger charge is 2.19. The first-order chi connectivity index (χ1) is 10.3.